The fourth-order valence-corrected chi connectivity index (χ4v) is 2.48. The van der Waals surface area contributed by atoms with Crippen molar-refractivity contribution in [3.8, 4) is 0 Å². The van der Waals surface area contributed by atoms with Crippen LogP contribution in [0.2, 0.25) is 0 Å². The summed E-state index contributed by atoms with van der Waals surface area (Å²) in [4.78, 5) is 15.0. The standard InChI is InChI=1S/C14H16N2O2/c15-10-5-6-12-9(7-10)8-13(16-12)14(17)18-11-3-1-2-4-11/h5-8,11,16H,1-4,15H2. The van der Waals surface area contributed by atoms with E-state index in [0.717, 1.165) is 36.6 Å². The van der Waals surface area contributed by atoms with Crippen molar-refractivity contribution in [2.45, 2.75) is 31.8 Å². The van der Waals surface area contributed by atoms with Crippen LogP contribution in [0.3, 0.4) is 0 Å². The average Bonchev–Trinajstić information content (AvgIpc) is 2.96. The van der Waals surface area contributed by atoms with Gasteiger partial charge in [0.15, 0.2) is 0 Å². The summed E-state index contributed by atoms with van der Waals surface area (Å²) in [5.41, 5.74) is 7.81. The monoisotopic (exact) mass is 244 g/mol. The SMILES string of the molecule is Nc1ccc2[nH]c(C(=O)OC3CCCC3)cc2c1. The average molecular weight is 244 g/mol. The zero-order valence-corrected chi connectivity index (χ0v) is 10.1. The minimum absolute atomic E-state index is 0.0916. The zero-order chi connectivity index (χ0) is 12.5. The Hall–Kier alpha value is -1.97. The first-order valence-electron chi connectivity index (χ1n) is 6.31. The number of H-pyrrole nitrogens is 1. The van der Waals surface area contributed by atoms with E-state index in [9.17, 15) is 4.79 Å². The first kappa shape index (κ1) is 11.1. The van der Waals surface area contributed by atoms with Gasteiger partial charge in [0.25, 0.3) is 0 Å². The van der Waals surface area contributed by atoms with Crippen LogP contribution in [-0.2, 0) is 4.74 Å². The summed E-state index contributed by atoms with van der Waals surface area (Å²) in [6.07, 6.45) is 4.37. The summed E-state index contributed by atoms with van der Waals surface area (Å²) in [6.45, 7) is 0. The molecule has 0 spiro atoms. The summed E-state index contributed by atoms with van der Waals surface area (Å²) in [5.74, 6) is -0.267. The van der Waals surface area contributed by atoms with Gasteiger partial charge in [0.2, 0.25) is 0 Å². The number of aromatic amines is 1. The smallest absolute Gasteiger partial charge is 0.355 e. The minimum Gasteiger partial charge on any atom is -0.458 e. The number of hydrogen-bond acceptors (Lipinski definition) is 3. The number of aromatic nitrogens is 1. The number of esters is 1. The number of carbonyl (C=O) groups is 1. The van der Waals surface area contributed by atoms with Gasteiger partial charge in [-0.1, -0.05) is 0 Å². The summed E-state index contributed by atoms with van der Waals surface area (Å²) >= 11 is 0. The summed E-state index contributed by atoms with van der Waals surface area (Å²) in [6, 6.07) is 7.32. The number of fused-ring (bicyclic) bond motifs is 1. The summed E-state index contributed by atoms with van der Waals surface area (Å²) < 4.78 is 5.46. The van der Waals surface area contributed by atoms with Gasteiger partial charge < -0.3 is 15.5 Å². The molecule has 0 amide bonds. The van der Waals surface area contributed by atoms with Crippen molar-refractivity contribution in [3.05, 3.63) is 30.0 Å². The molecule has 1 aliphatic rings. The number of carbonyl (C=O) groups excluding carboxylic acids is 1. The highest BCUT2D eigenvalue weighted by Crippen LogP contribution is 2.23. The van der Waals surface area contributed by atoms with Crippen LogP contribution in [0, 0.1) is 0 Å². The molecular weight excluding hydrogens is 228 g/mol. The van der Waals surface area contributed by atoms with Crippen molar-refractivity contribution in [3.63, 3.8) is 0 Å². The fourth-order valence-electron chi connectivity index (χ4n) is 2.48. The molecule has 1 aliphatic carbocycles. The lowest BCUT2D eigenvalue weighted by Gasteiger charge is -2.09. The first-order valence-corrected chi connectivity index (χ1v) is 6.31. The molecule has 1 fully saturated rings. The van der Waals surface area contributed by atoms with Gasteiger partial charge in [0.05, 0.1) is 0 Å². The van der Waals surface area contributed by atoms with Gasteiger partial charge in [-0.05, 0) is 49.9 Å². The third-order valence-corrected chi connectivity index (χ3v) is 3.44. The maximum atomic E-state index is 12.0. The van der Waals surface area contributed by atoms with Crippen molar-refractivity contribution in [1.82, 2.24) is 4.98 Å². The zero-order valence-electron chi connectivity index (χ0n) is 10.1. The van der Waals surface area contributed by atoms with Crippen LogP contribution in [0.5, 0.6) is 0 Å². The highest BCUT2D eigenvalue weighted by atomic mass is 16.5. The van der Waals surface area contributed by atoms with Gasteiger partial charge in [-0.2, -0.15) is 0 Å². The second-order valence-electron chi connectivity index (χ2n) is 4.84. The predicted molar refractivity (Wildman–Crippen MR) is 70.4 cm³/mol. The molecule has 0 unspecified atom stereocenters. The molecule has 3 rings (SSSR count). The normalized spacial score (nSPS) is 16.2. The van der Waals surface area contributed by atoms with Crippen LogP contribution in [0.15, 0.2) is 24.3 Å². The van der Waals surface area contributed by atoms with Crippen molar-refractivity contribution >= 4 is 22.6 Å². The van der Waals surface area contributed by atoms with E-state index in [2.05, 4.69) is 4.98 Å². The van der Waals surface area contributed by atoms with Crippen molar-refractivity contribution in [1.29, 1.82) is 0 Å². The molecule has 1 heterocycles. The quantitative estimate of drug-likeness (QED) is 0.630. The molecule has 0 bridgehead atoms. The van der Waals surface area contributed by atoms with Gasteiger partial charge in [0.1, 0.15) is 11.8 Å². The topological polar surface area (TPSA) is 68.1 Å². The molecule has 1 saturated carbocycles. The molecule has 0 saturated heterocycles. The third-order valence-electron chi connectivity index (χ3n) is 3.44. The van der Waals surface area contributed by atoms with E-state index >= 15 is 0 Å². The lowest BCUT2D eigenvalue weighted by molar-refractivity contribution is 0.0312. The lowest BCUT2D eigenvalue weighted by atomic mass is 10.2. The Morgan fingerprint density at radius 3 is 2.83 bits per heavy atom. The van der Waals surface area contributed by atoms with Gasteiger partial charge in [-0.25, -0.2) is 4.79 Å². The molecule has 2 aromatic rings. The maximum Gasteiger partial charge on any atom is 0.355 e. The van der Waals surface area contributed by atoms with E-state index in [4.69, 9.17) is 10.5 Å². The van der Waals surface area contributed by atoms with Crippen LogP contribution in [0.25, 0.3) is 10.9 Å². The Morgan fingerprint density at radius 2 is 2.06 bits per heavy atom. The summed E-state index contributed by atoms with van der Waals surface area (Å²) in [5, 5.41) is 0.938. The van der Waals surface area contributed by atoms with Gasteiger partial charge >= 0.3 is 5.97 Å². The van der Waals surface area contributed by atoms with E-state index in [0.29, 0.717) is 11.4 Å². The van der Waals surface area contributed by atoms with Gasteiger partial charge in [-0.15, -0.1) is 0 Å². The molecule has 94 valence electrons. The number of hydrogen-bond donors (Lipinski definition) is 2. The molecule has 4 heteroatoms. The number of nitrogens with two attached hydrogens (primary N) is 1. The van der Waals surface area contributed by atoms with Crippen molar-refractivity contribution in [2.75, 3.05) is 5.73 Å². The number of nitrogens with one attached hydrogen (secondary N) is 1. The van der Waals surface area contributed by atoms with E-state index in [1.165, 1.54) is 0 Å². The highest BCUT2D eigenvalue weighted by molar-refractivity contribution is 5.95. The van der Waals surface area contributed by atoms with E-state index < -0.39 is 0 Å². The fraction of sp³-hybridized carbons (Fsp3) is 0.357. The van der Waals surface area contributed by atoms with Crippen LogP contribution >= 0.6 is 0 Å². The second kappa shape index (κ2) is 4.37. The Labute approximate surface area is 105 Å². The molecule has 1 aromatic carbocycles. The molecule has 0 aliphatic heterocycles. The first-order chi connectivity index (χ1) is 8.72. The van der Waals surface area contributed by atoms with E-state index in [-0.39, 0.29) is 12.1 Å². The van der Waals surface area contributed by atoms with Crippen LogP contribution in [-0.4, -0.2) is 17.1 Å². The summed E-state index contributed by atoms with van der Waals surface area (Å²) in [7, 11) is 0. The molecule has 3 N–H and O–H groups in total. The molecule has 0 atom stereocenters. The Balaban J connectivity index is 1.82. The van der Waals surface area contributed by atoms with Crippen LogP contribution in [0.1, 0.15) is 36.2 Å². The van der Waals surface area contributed by atoms with E-state index in [1.807, 2.05) is 18.2 Å². The number of anilines is 1. The minimum atomic E-state index is -0.267. The number of benzene rings is 1. The van der Waals surface area contributed by atoms with Crippen molar-refractivity contribution < 1.29 is 9.53 Å². The van der Waals surface area contributed by atoms with Crippen molar-refractivity contribution in [2.24, 2.45) is 0 Å². The largest absolute Gasteiger partial charge is 0.458 e. The maximum absolute atomic E-state index is 12.0. The second-order valence-corrected chi connectivity index (χ2v) is 4.84. The predicted octanol–water partition coefficient (Wildman–Crippen LogP) is 2.85. The Morgan fingerprint density at radius 1 is 1.28 bits per heavy atom. The lowest BCUT2D eigenvalue weighted by Crippen LogP contribution is -2.14. The van der Waals surface area contributed by atoms with Gasteiger partial charge in [0, 0.05) is 16.6 Å². The number of nitrogen functional groups attached to an aromatic ring is 1. The van der Waals surface area contributed by atoms with Crippen LogP contribution < -0.4 is 5.73 Å². The van der Waals surface area contributed by atoms with Crippen LogP contribution in [0.4, 0.5) is 5.69 Å². The number of rotatable bonds is 2. The van der Waals surface area contributed by atoms with E-state index in [1.54, 1.807) is 6.07 Å². The number of ether oxygens (including phenoxy) is 1. The molecule has 18 heavy (non-hydrogen) atoms. The molecule has 4 nitrogen and oxygen atoms in total. The Kier molecular flexibility index (Phi) is 2.70. The molecule has 1 aromatic heterocycles. The molecule has 0 radical (unpaired) electrons. The molecular formula is C14H16N2O2. The third kappa shape index (κ3) is 2.06. The highest BCUT2D eigenvalue weighted by Gasteiger charge is 2.21. The van der Waals surface area contributed by atoms with Gasteiger partial charge in [-0.3, -0.25) is 0 Å². The Bertz CT molecular complexity index is 582.